The highest BCUT2D eigenvalue weighted by Gasteiger charge is 2.32. The predicted molar refractivity (Wildman–Crippen MR) is 159 cm³/mol. The lowest BCUT2D eigenvalue weighted by atomic mass is 10.1. The Balaban J connectivity index is 1.33. The molecule has 0 N–H and O–H groups in total. The molecule has 2 aliphatic carbocycles. The second-order valence-corrected chi connectivity index (χ2v) is 12.4. The minimum absolute atomic E-state index is 0.128. The van der Waals surface area contributed by atoms with E-state index in [-0.39, 0.29) is 10.7 Å². The van der Waals surface area contributed by atoms with Gasteiger partial charge in [-0.3, -0.25) is 4.98 Å². The van der Waals surface area contributed by atoms with Gasteiger partial charge < -0.3 is 9.13 Å². The van der Waals surface area contributed by atoms with Crippen LogP contribution in [0.5, 0.6) is 0 Å². The summed E-state index contributed by atoms with van der Waals surface area (Å²) in [4.78, 5) is 15.6. The van der Waals surface area contributed by atoms with Crippen LogP contribution in [0.15, 0.2) is 115 Å². The van der Waals surface area contributed by atoms with E-state index >= 15 is 0 Å². The topological polar surface area (TPSA) is 48.5 Å². The number of benzene rings is 1. The monoisotopic (exact) mass is 527 g/mol. The smallest absolute Gasteiger partial charge is 0.163 e. The van der Waals surface area contributed by atoms with Crippen LogP contribution in [-0.2, 0) is 0 Å². The van der Waals surface area contributed by atoms with Crippen molar-refractivity contribution in [2.24, 2.45) is 0 Å². The number of fused-ring (bicyclic) bond motifs is 8. The average Bonchev–Trinajstić information content (AvgIpc) is 3.71. The number of hydrogen-bond donors (Lipinski definition) is 0. The Labute approximate surface area is 227 Å². The first-order valence-corrected chi connectivity index (χ1v) is 14.7. The van der Waals surface area contributed by atoms with Gasteiger partial charge in [-0.05, 0) is 41.5 Å². The maximum atomic E-state index is 5.39. The van der Waals surface area contributed by atoms with Gasteiger partial charge in [0, 0.05) is 11.6 Å². The molecule has 0 saturated heterocycles. The van der Waals surface area contributed by atoms with Crippen molar-refractivity contribution in [3.8, 4) is 0 Å². The van der Waals surface area contributed by atoms with Crippen LogP contribution in [-0.4, -0.2) is 34.6 Å². The third-order valence-corrected chi connectivity index (χ3v) is 10.5. The van der Waals surface area contributed by atoms with E-state index in [1.165, 1.54) is 16.7 Å². The first-order chi connectivity index (χ1) is 18.8. The fourth-order valence-electron chi connectivity index (χ4n) is 6.10. The van der Waals surface area contributed by atoms with E-state index in [0.717, 1.165) is 38.7 Å². The maximum Gasteiger partial charge on any atom is 0.163 e. The van der Waals surface area contributed by atoms with Crippen molar-refractivity contribution in [3.05, 3.63) is 115 Å². The van der Waals surface area contributed by atoms with Gasteiger partial charge in [0.25, 0.3) is 0 Å². The van der Waals surface area contributed by atoms with Crippen molar-refractivity contribution < 1.29 is 0 Å². The summed E-state index contributed by atoms with van der Waals surface area (Å²) in [7, 11) is 0. The molecule has 4 unspecified atom stereocenters. The molecule has 5 aromatic rings. The fourth-order valence-corrected chi connectivity index (χ4v) is 8.83. The first kappa shape index (κ1) is 21.2. The van der Waals surface area contributed by atoms with E-state index in [4.69, 9.17) is 15.0 Å². The molecule has 0 amide bonds. The van der Waals surface area contributed by atoms with Crippen molar-refractivity contribution in [2.45, 2.75) is 21.2 Å². The van der Waals surface area contributed by atoms with Gasteiger partial charge in [0.1, 0.15) is 27.3 Å². The Hall–Kier alpha value is -3.81. The van der Waals surface area contributed by atoms with Crippen LogP contribution in [0, 0.1) is 0 Å². The summed E-state index contributed by atoms with van der Waals surface area (Å²) in [6.07, 6.45) is 24.1. The molecule has 0 saturated carbocycles. The van der Waals surface area contributed by atoms with Crippen molar-refractivity contribution in [3.63, 3.8) is 0 Å². The van der Waals surface area contributed by atoms with Crippen molar-refractivity contribution in [2.75, 3.05) is 0 Å². The van der Waals surface area contributed by atoms with Crippen LogP contribution in [0.2, 0.25) is 0 Å². The summed E-state index contributed by atoms with van der Waals surface area (Å²) in [5.74, 6) is 0. The van der Waals surface area contributed by atoms with E-state index in [0.29, 0.717) is 10.5 Å². The second kappa shape index (κ2) is 7.85. The minimum Gasteiger partial charge on any atom is -0.308 e. The maximum absolute atomic E-state index is 5.39. The van der Waals surface area contributed by atoms with Crippen molar-refractivity contribution >= 4 is 67.8 Å². The summed E-state index contributed by atoms with van der Waals surface area (Å²) < 4.78 is 4.71. The third kappa shape index (κ3) is 2.88. The van der Waals surface area contributed by atoms with Gasteiger partial charge in [0.05, 0.1) is 21.5 Å². The van der Waals surface area contributed by atoms with E-state index < -0.39 is 0 Å². The van der Waals surface area contributed by atoms with Gasteiger partial charge >= 0.3 is 0 Å². The molecule has 0 spiro atoms. The minimum atomic E-state index is 0.128. The van der Waals surface area contributed by atoms with Crippen LogP contribution >= 0.6 is 23.5 Å². The summed E-state index contributed by atoms with van der Waals surface area (Å²) in [5.41, 5.74) is 9.48. The number of allylic oxidation sites excluding steroid dienone is 6. The number of pyridine rings is 1. The highest BCUT2D eigenvalue weighted by Crippen LogP contribution is 2.48. The first-order valence-electron chi connectivity index (χ1n) is 12.8. The number of rotatable bonds is 2. The molecular formula is C31H21N5S2. The summed E-state index contributed by atoms with van der Waals surface area (Å²) in [6.45, 7) is 0. The SMILES string of the molecule is C1=CC2=CC(n3c4ccccc4c4nc5c(nc43)c3ncccc3n5C3C=C4C=CC=CC4S3)SC2C=C1. The van der Waals surface area contributed by atoms with E-state index in [9.17, 15) is 0 Å². The van der Waals surface area contributed by atoms with E-state index in [1.807, 2.05) is 35.8 Å². The number of nitrogens with zero attached hydrogens (tertiary/aromatic N) is 5. The van der Waals surface area contributed by atoms with Gasteiger partial charge in [0.2, 0.25) is 0 Å². The Morgan fingerprint density at radius 1 is 0.632 bits per heavy atom. The Bertz CT molecular complexity index is 1870. The average molecular weight is 528 g/mol. The zero-order valence-corrected chi connectivity index (χ0v) is 21.8. The molecular weight excluding hydrogens is 507 g/mol. The third-order valence-electron chi connectivity index (χ3n) is 7.78. The number of hydrogen-bond acceptors (Lipinski definition) is 5. The van der Waals surface area contributed by atoms with Crippen molar-refractivity contribution in [1.82, 2.24) is 24.1 Å². The Morgan fingerprint density at radius 2 is 1.26 bits per heavy atom. The molecule has 2 aliphatic heterocycles. The number of para-hydroxylation sites is 1. The van der Waals surface area contributed by atoms with E-state index in [1.54, 1.807) is 0 Å². The number of aromatic nitrogens is 5. The number of thioether (sulfide) groups is 2. The summed E-state index contributed by atoms with van der Waals surface area (Å²) in [6, 6.07) is 12.7. The van der Waals surface area contributed by atoms with Crippen LogP contribution in [0.1, 0.15) is 10.7 Å². The summed E-state index contributed by atoms with van der Waals surface area (Å²) in [5, 5.41) is 2.16. The molecule has 1 aromatic carbocycles. The second-order valence-electron chi connectivity index (χ2n) is 9.91. The lowest BCUT2D eigenvalue weighted by Gasteiger charge is -2.15. The Kier molecular flexibility index (Phi) is 4.37. The molecule has 182 valence electrons. The molecule has 0 radical (unpaired) electrons. The molecule has 5 nitrogen and oxygen atoms in total. The van der Waals surface area contributed by atoms with E-state index in [2.05, 4.69) is 100 Å². The molecule has 9 rings (SSSR count). The van der Waals surface area contributed by atoms with Gasteiger partial charge in [0.15, 0.2) is 11.3 Å². The van der Waals surface area contributed by atoms with Crippen LogP contribution in [0.25, 0.3) is 44.3 Å². The van der Waals surface area contributed by atoms with Gasteiger partial charge in [-0.1, -0.05) is 66.8 Å². The molecule has 4 aromatic heterocycles. The predicted octanol–water partition coefficient (Wildman–Crippen LogP) is 7.42. The zero-order chi connectivity index (χ0) is 24.8. The lowest BCUT2D eigenvalue weighted by molar-refractivity contribution is 0.857. The molecule has 0 fully saturated rings. The molecule has 7 heteroatoms. The van der Waals surface area contributed by atoms with Gasteiger partial charge in [-0.2, -0.15) is 0 Å². The molecule has 4 aliphatic rings. The van der Waals surface area contributed by atoms with Gasteiger partial charge in [-0.25, -0.2) is 9.97 Å². The van der Waals surface area contributed by atoms with Crippen LogP contribution in [0.3, 0.4) is 0 Å². The fraction of sp³-hybridized carbons (Fsp3) is 0.129. The molecule has 6 heterocycles. The normalized spacial score (nSPS) is 25.6. The Morgan fingerprint density at radius 3 is 2.00 bits per heavy atom. The van der Waals surface area contributed by atoms with Crippen molar-refractivity contribution in [1.29, 1.82) is 0 Å². The lowest BCUT2D eigenvalue weighted by Crippen LogP contribution is -2.05. The van der Waals surface area contributed by atoms with Crippen LogP contribution in [0.4, 0.5) is 0 Å². The van der Waals surface area contributed by atoms with Gasteiger partial charge in [-0.15, -0.1) is 23.5 Å². The highest BCUT2D eigenvalue weighted by molar-refractivity contribution is 8.01. The molecule has 4 atom stereocenters. The zero-order valence-electron chi connectivity index (χ0n) is 20.2. The quantitative estimate of drug-likeness (QED) is 0.239. The molecule has 0 bridgehead atoms. The summed E-state index contributed by atoms with van der Waals surface area (Å²) >= 11 is 3.88. The molecule has 38 heavy (non-hydrogen) atoms. The van der Waals surface area contributed by atoms with Crippen LogP contribution < -0.4 is 0 Å². The standard InChI is InChI=1S/C31H21N5S2/c1-5-13-23-18(8-1)16-25(37-23)35-21-11-4-3-10-20(21)27-30(35)34-29-28-22(12-7-15-32-28)36(31(29)33-27)26-17-19-9-2-6-14-24(19)38-26/h1-17,23-26H. The highest BCUT2D eigenvalue weighted by atomic mass is 32.2. The largest absolute Gasteiger partial charge is 0.308 e.